The summed E-state index contributed by atoms with van der Waals surface area (Å²) in [6.45, 7) is 1.61. The molecule has 2 bridgehead atoms. The minimum Gasteiger partial charge on any atom is -0.346 e. The quantitative estimate of drug-likeness (QED) is 0.471. The van der Waals surface area contributed by atoms with Crippen LogP contribution in [0, 0.1) is 35.5 Å². The van der Waals surface area contributed by atoms with Crippen LogP contribution in [0.5, 0.6) is 0 Å². The van der Waals surface area contributed by atoms with E-state index in [9.17, 15) is 0 Å². The van der Waals surface area contributed by atoms with Crippen molar-refractivity contribution >= 4 is 38.5 Å². The highest BCUT2D eigenvalue weighted by molar-refractivity contribution is 14.1. The van der Waals surface area contributed by atoms with E-state index in [2.05, 4.69) is 38.5 Å². The Balaban J connectivity index is 1.65. The van der Waals surface area contributed by atoms with Crippen molar-refractivity contribution in [3.8, 4) is 0 Å². The Bertz CT molecular complexity index is 412. The smallest absolute Gasteiger partial charge is 0.187 e. The highest BCUT2D eigenvalue weighted by Crippen LogP contribution is 3.03. The first-order chi connectivity index (χ1) is 7.19. The molecule has 15 heavy (non-hydrogen) atoms. The molecule has 1 spiro atoms. The molecule has 1 heterocycles. The fourth-order valence-electron chi connectivity index (χ4n) is 6.49. The standard InChI is InChI=1S/C11H10BrIO2/c12-10-6-3-7(10)5-8(4(6)9(3,5)13)11(10)14-1-2-15-11/h3-8H,1-2H2. The molecular formula is C11H10BrIO2. The van der Waals surface area contributed by atoms with Crippen LogP contribution in [0.15, 0.2) is 0 Å². The van der Waals surface area contributed by atoms with E-state index >= 15 is 0 Å². The Hall–Kier alpha value is 1.13. The van der Waals surface area contributed by atoms with Crippen molar-refractivity contribution in [1.29, 1.82) is 0 Å². The van der Waals surface area contributed by atoms with Crippen LogP contribution < -0.4 is 0 Å². The van der Waals surface area contributed by atoms with Gasteiger partial charge in [0.15, 0.2) is 5.79 Å². The average molecular weight is 381 g/mol. The maximum atomic E-state index is 6.08. The molecule has 4 atom stereocenters. The topological polar surface area (TPSA) is 18.5 Å². The molecule has 0 aromatic rings. The molecule has 7 rings (SSSR count). The van der Waals surface area contributed by atoms with Crippen LogP contribution in [0.4, 0.5) is 0 Å². The largest absolute Gasteiger partial charge is 0.346 e. The van der Waals surface area contributed by atoms with Crippen LogP contribution in [-0.4, -0.2) is 26.7 Å². The Labute approximate surface area is 110 Å². The molecule has 7 fully saturated rings. The first-order valence-electron chi connectivity index (χ1n) is 5.85. The lowest BCUT2D eigenvalue weighted by atomic mass is 9.20. The molecule has 80 valence electrons. The zero-order valence-electron chi connectivity index (χ0n) is 7.95. The highest BCUT2D eigenvalue weighted by atomic mass is 127. The Morgan fingerprint density at radius 2 is 1.47 bits per heavy atom. The fraction of sp³-hybridized carbons (Fsp3) is 1.00. The van der Waals surface area contributed by atoms with Crippen LogP contribution in [0.2, 0.25) is 0 Å². The summed E-state index contributed by atoms with van der Waals surface area (Å²) in [4.78, 5) is 0. The first-order valence-corrected chi connectivity index (χ1v) is 7.72. The maximum Gasteiger partial charge on any atom is 0.187 e. The van der Waals surface area contributed by atoms with E-state index < -0.39 is 0 Å². The summed E-state index contributed by atoms with van der Waals surface area (Å²) in [6.07, 6.45) is 0. The normalized spacial score (nSPS) is 82.0. The van der Waals surface area contributed by atoms with Crippen molar-refractivity contribution in [1.82, 2.24) is 0 Å². The van der Waals surface area contributed by atoms with Gasteiger partial charge in [0, 0.05) is 9.34 Å². The van der Waals surface area contributed by atoms with Crippen LogP contribution in [0.1, 0.15) is 0 Å². The molecule has 0 aromatic carbocycles. The molecule has 6 saturated carbocycles. The Morgan fingerprint density at radius 3 is 2.00 bits per heavy atom. The maximum absolute atomic E-state index is 6.08. The second kappa shape index (κ2) is 1.79. The van der Waals surface area contributed by atoms with Gasteiger partial charge in [-0.25, -0.2) is 0 Å². The summed E-state index contributed by atoms with van der Waals surface area (Å²) in [5.41, 5.74) is 0. The summed E-state index contributed by atoms with van der Waals surface area (Å²) in [5.74, 6) is 5.14. The number of halogens is 2. The number of rotatable bonds is 0. The molecule has 6 aliphatic carbocycles. The van der Waals surface area contributed by atoms with Crippen molar-refractivity contribution in [2.45, 2.75) is 13.5 Å². The van der Waals surface area contributed by atoms with Crippen molar-refractivity contribution < 1.29 is 9.47 Å². The molecule has 4 unspecified atom stereocenters. The molecule has 1 saturated heterocycles. The second-order valence-corrected chi connectivity index (χ2v) is 9.30. The second-order valence-electron chi connectivity index (χ2n) is 6.11. The summed E-state index contributed by atoms with van der Waals surface area (Å²) < 4.78 is 13.1. The lowest BCUT2D eigenvalue weighted by Crippen LogP contribution is -2.93. The van der Waals surface area contributed by atoms with E-state index in [1.54, 1.807) is 0 Å². The van der Waals surface area contributed by atoms with Gasteiger partial charge in [-0.3, -0.25) is 0 Å². The molecule has 0 amide bonds. The van der Waals surface area contributed by atoms with Gasteiger partial charge in [-0.2, -0.15) is 0 Å². The lowest BCUT2D eigenvalue weighted by Gasteiger charge is -2.90. The van der Waals surface area contributed by atoms with E-state index in [0.29, 0.717) is 3.42 Å². The van der Waals surface area contributed by atoms with E-state index in [1.165, 1.54) is 0 Å². The molecule has 0 N–H and O–H groups in total. The van der Waals surface area contributed by atoms with Crippen molar-refractivity contribution in [2.75, 3.05) is 13.2 Å². The van der Waals surface area contributed by atoms with E-state index in [0.717, 1.165) is 48.7 Å². The number of alkyl halides is 2. The molecule has 2 nitrogen and oxygen atoms in total. The minimum absolute atomic E-state index is 0.195. The van der Waals surface area contributed by atoms with E-state index in [1.807, 2.05) is 0 Å². The number of hydrogen-bond acceptors (Lipinski definition) is 2. The van der Waals surface area contributed by atoms with Crippen LogP contribution in [0.25, 0.3) is 0 Å². The van der Waals surface area contributed by atoms with Crippen molar-refractivity contribution in [3.05, 3.63) is 0 Å². The third kappa shape index (κ3) is 0.417. The molecular weight excluding hydrogens is 371 g/mol. The van der Waals surface area contributed by atoms with E-state index in [4.69, 9.17) is 9.47 Å². The van der Waals surface area contributed by atoms with Gasteiger partial charge >= 0.3 is 0 Å². The average Bonchev–Trinajstić information content (AvgIpc) is 2.78. The van der Waals surface area contributed by atoms with E-state index in [-0.39, 0.29) is 10.1 Å². The Morgan fingerprint density at radius 1 is 0.933 bits per heavy atom. The summed E-state index contributed by atoms with van der Waals surface area (Å²) >= 11 is 6.79. The van der Waals surface area contributed by atoms with Crippen molar-refractivity contribution in [2.24, 2.45) is 35.5 Å². The van der Waals surface area contributed by atoms with Gasteiger partial charge in [0.2, 0.25) is 0 Å². The minimum atomic E-state index is -0.195. The third-order valence-electron chi connectivity index (χ3n) is 6.51. The predicted octanol–water partition coefficient (Wildman–Crippen LogP) is 1.80. The van der Waals surface area contributed by atoms with Gasteiger partial charge in [-0.15, -0.1) is 0 Å². The molecule has 0 radical (unpaired) electrons. The SMILES string of the molecule is BrC12C3C4C(C5C1C3C45I)C21OCCO1. The third-order valence-corrected chi connectivity index (χ3v) is 10.3. The highest BCUT2D eigenvalue weighted by Gasteiger charge is 3.08. The molecule has 7 aliphatic rings. The summed E-state index contributed by atoms with van der Waals surface area (Å²) in [6, 6.07) is 0. The van der Waals surface area contributed by atoms with Crippen LogP contribution >= 0.6 is 38.5 Å². The zero-order valence-corrected chi connectivity index (χ0v) is 11.7. The van der Waals surface area contributed by atoms with Crippen LogP contribution in [0.3, 0.4) is 0 Å². The number of hydrogen-bond donors (Lipinski definition) is 0. The van der Waals surface area contributed by atoms with Gasteiger partial charge in [-0.05, 0) is 29.6 Å². The fourth-order valence-corrected chi connectivity index (χ4v) is 10.4. The number of ether oxygens (including phenoxy) is 2. The van der Waals surface area contributed by atoms with Crippen molar-refractivity contribution in [3.63, 3.8) is 0 Å². The van der Waals surface area contributed by atoms with Gasteiger partial charge in [0.25, 0.3) is 0 Å². The first kappa shape index (κ1) is 8.27. The zero-order chi connectivity index (χ0) is 9.79. The van der Waals surface area contributed by atoms with Crippen LogP contribution in [-0.2, 0) is 9.47 Å². The van der Waals surface area contributed by atoms with Gasteiger partial charge in [0.05, 0.1) is 17.5 Å². The predicted molar refractivity (Wildman–Crippen MR) is 64.0 cm³/mol. The monoisotopic (exact) mass is 380 g/mol. The summed E-state index contributed by atoms with van der Waals surface area (Å²) in [7, 11) is 0. The molecule has 4 heteroatoms. The van der Waals surface area contributed by atoms with Gasteiger partial charge in [0.1, 0.15) is 0 Å². The lowest BCUT2D eigenvalue weighted by molar-refractivity contribution is -0.331. The molecule has 1 aliphatic heterocycles. The Kier molecular flexibility index (Phi) is 0.985. The van der Waals surface area contributed by atoms with Gasteiger partial charge in [-0.1, -0.05) is 38.5 Å². The van der Waals surface area contributed by atoms with Gasteiger partial charge < -0.3 is 9.47 Å². The molecule has 0 aromatic heterocycles. The summed E-state index contributed by atoms with van der Waals surface area (Å²) in [5, 5.41) is 0.